The molecule has 0 bridgehead atoms. The second kappa shape index (κ2) is 5.52. The monoisotopic (exact) mass is 295 g/mol. The van der Waals surface area contributed by atoms with Gasteiger partial charge in [-0.15, -0.1) is 0 Å². The number of nitrogens with one attached hydrogen (secondary N) is 1. The number of aromatic nitrogens is 2. The number of alkyl halides is 3. The van der Waals surface area contributed by atoms with E-state index in [-0.39, 0.29) is 0 Å². The molecule has 1 saturated carbocycles. The fourth-order valence-corrected chi connectivity index (χ4v) is 2.20. The van der Waals surface area contributed by atoms with Crippen LogP contribution in [0.4, 0.5) is 13.2 Å². The molecule has 0 radical (unpaired) electrons. The predicted octanol–water partition coefficient (Wildman–Crippen LogP) is 3.20. The molecule has 0 aliphatic heterocycles. The summed E-state index contributed by atoms with van der Waals surface area (Å²) in [6.45, 7) is 1.09. The van der Waals surface area contributed by atoms with Gasteiger partial charge in [-0.05, 0) is 30.0 Å². The van der Waals surface area contributed by atoms with Gasteiger partial charge in [-0.3, -0.25) is 4.68 Å². The van der Waals surface area contributed by atoms with Crippen molar-refractivity contribution in [3.05, 3.63) is 53.3 Å². The summed E-state index contributed by atoms with van der Waals surface area (Å²) in [4.78, 5) is 0. The number of hydrogen-bond donors (Lipinski definition) is 1. The minimum absolute atomic E-state index is 0.346. The lowest BCUT2D eigenvalue weighted by Crippen LogP contribution is -2.17. The largest absolute Gasteiger partial charge is 0.435 e. The Labute approximate surface area is 120 Å². The van der Waals surface area contributed by atoms with Gasteiger partial charge in [0.05, 0.1) is 6.54 Å². The fraction of sp³-hybridized carbons (Fsp3) is 0.400. The third kappa shape index (κ3) is 3.64. The molecule has 1 aromatic carbocycles. The van der Waals surface area contributed by atoms with Crippen molar-refractivity contribution in [3.63, 3.8) is 0 Å². The molecule has 1 heterocycles. The Hall–Kier alpha value is -1.82. The molecule has 2 aromatic rings. The van der Waals surface area contributed by atoms with E-state index < -0.39 is 11.9 Å². The average Bonchev–Trinajstić information content (AvgIpc) is 3.14. The van der Waals surface area contributed by atoms with Gasteiger partial charge in [0.25, 0.3) is 0 Å². The van der Waals surface area contributed by atoms with Gasteiger partial charge in [-0.25, -0.2) is 0 Å². The summed E-state index contributed by atoms with van der Waals surface area (Å²) in [7, 11) is 0. The maximum absolute atomic E-state index is 12.5. The maximum Gasteiger partial charge on any atom is 0.435 e. The van der Waals surface area contributed by atoms with E-state index in [9.17, 15) is 13.2 Å². The highest BCUT2D eigenvalue weighted by atomic mass is 19.4. The molecule has 6 heteroatoms. The van der Waals surface area contributed by atoms with E-state index in [1.54, 1.807) is 0 Å². The molecule has 1 N–H and O–H groups in total. The summed E-state index contributed by atoms with van der Waals surface area (Å²) in [5.41, 5.74) is 1.24. The van der Waals surface area contributed by atoms with E-state index in [4.69, 9.17) is 0 Å². The third-order valence-corrected chi connectivity index (χ3v) is 3.54. The molecule has 1 fully saturated rings. The minimum atomic E-state index is -4.39. The van der Waals surface area contributed by atoms with Crippen molar-refractivity contribution in [2.45, 2.75) is 38.1 Å². The summed E-state index contributed by atoms with van der Waals surface area (Å²) in [5, 5.41) is 7.02. The Bertz CT molecular complexity index is 615. The lowest BCUT2D eigenvalue weighted by molar-refractivity contribution is -0.141. The van der Waals surface area contributed by atoms with Gasteiger partial charge in [0, 0.05) is 18.8 Å². The minimum Gasteiger partial charge on any atom is -0.310 e. The van der Waals surface area contributed by atoms with Crippen LogP contribution in [0.2, 0.25) is 0 Å². The highest BCUT2D eigenvalue weighted by Gasteiger charge is 2.33. The average molecular weight is 295 g/mol. The second-order valence-corrected chi connectivity index (χ2v) is 5.32. The zero-order valence-electron chi connectivity index (χ0n) is 11.4. The standard InChI is InChI=1S/C15H16F3N3/c16-15(17,18)14-7-8-21(20-14)10-12-4-2-1-3-11(12)9-19-13-5-6-13/h1-4,7-8,13,19H,5-6,9-10H2. The Morgan fingerprint density at radius 1 is 1.14 bits per heavy atom. The molecule has 3 nitrogen and oxygen atoms in total. The number of nitrogens with zero attached hydrogens (tertiary/aromatic N) is 2. The van der Waals surface area contributed by atoms with Crippen LogP contribution in [0.15, 0.2) is 36.5 Å². The van der Waals surface area contributed by atoms with Gasteiger partial charge in [-0.2, -0.15) is 18.3 Å². The molecular weight excluding hydrogens is 279 g/mol. The Balaban J connectivity index is 1.73. The van der Waals surface area contributed by atoms with Crippen molar-refractivity contribution < 1.29 is 13.2 Å². The molecule has 0 atom stereocenters. The van der Waals surface area contributed by atoms with Gasteiger partial charge in [0.2, 0.25) is 0 Å². The molecule has 21 heavy (non-hydrogen) atoms. The summed E-state index contributed by atoms with van der Waals surface area (Å²) in [6, 6.07) is 9.37. The molecule has 1 aliphatic carbocycles. The maximum atomic E-state index is 12.5. The summed E-state index contributed by atoms with van der Waals surface area (Å²) >= 11 is 0. The SMILES string of the molecule is FC(F)(F)c1ccn(Cc2ccccc2CNC2CC2)n1. The van der Waals surface area contributed by atoms with Crippen LogP contribution >= 0.6 is 0 Å². The smallest absolute Gasteiger partial charge is 0.310 e. The third-order valence-electron chi connectivity index (χ3n) is 3.54. The van der Waals surface area contributed by atoms with Crippen molar-refractivity contribution >= 4 is 0 Å². The molecule has 0 saturated heterocycles. The van der Waals surface area contributed by atoms with Crippen LogP contribution in [0.1, 0.15) is 29.7 Å². The van der Waals surface area contributed by atoms with Gasteiger partial charge in [0.15, 0.2) is 5.69 Å². The van der Waals surface area contributed by atoms with Crippen LogP contribution < -0.4 is 5.32 Å². The first-order chi connectivity index (χ1) is 10.0. The lowest BCUT2D eigenvalue weighted by atomic mass is 10.1. The van der Waals surface area contributed by atoms with Crippen LogP contribution in [0, 0.1) is 0 Å². The highest BCUT2D eigenvalue weighted by Crippen LogP contribution is 2.27. The van der Waals surface area contributed by atoms with E-state index in [1.165, 1.54) is 23.7 Å². The van der Waals surface area contributed by atoms with Crippen molar-refractivity contribution in [2.24, 2.45) is 0 Å². The molecular formula is C15H16F3N3. The lowest BCUT2D eigenvalue weighted by Gasteiger charge is -2.10. The Kier molecular flexibility index (Phi) is 3.71. The van der Waals surface area contributed by atoms with E-state index in [0.717, 1.165) is 23.7 Å². The Morgan fingerprint density at radius 2 is 1.86 bits per heavy atom. The first-order valence-electron chi connectivity index (χ1n) is 6.93. The van der Waals surface area contributed by atoms with Crippen LogP contribution in [0.25, 0.3) is 0 Å². The van der Waals surface area contributed by atoms with Crippen molar-refractivity contribution in [1.29, 1.82) is 0 Å². The van der Waals surface area contributed by atoms with Gasteiger partial charge in [-0.1, -0.05) is 24.3 Å². The van der Waals surface area contributed by atoms with Crippen molar-refractivity contribution in [2.75, 3.05) is 0 Å². The summed E-state index contributed by atoms with van der Waals surface area (Å²) in [6.07, 6.45) is -0.612. The first-order valence-corrected chi connectivity index (χ1v) is 6.93. The number of benzene rings is 1. The molecule has 0 unspecified atom stereocenters. The van der Waals surface area contributed by atoms with Gasteiger partial charge >= 0.3 is 6.18 Å². The Morgan fingerprint density at radius 3 is 2.48 bits per heavy atom. The first kappa shape index (κ1) is 14.1. The zero-order chi connectivity index (χ0) is 14.9. The van der Waals surface area contributed by atoms with Crippen LogP contribution in [-0.4, -0.2) is 15.8 Å². The molecule has 1 aromatic heterocycles. The fourth-order valence-electron chi connectivity index (χ4n) is 2.20. The van der Waals surface area contributed by atoms with Crippen LogP contribution in [-0.2, 0) is 19.3 Å². The topological polar surface area (TPSA) is 29.9 Å². The zero-order valence-corrected chi connectivity index (χ0v) is 11.4. The molecule has 1 aliphatic rings. The van der Waals surface area contributed by atoms with E-state index >= 15 is 0 Å². The van der Waals surface area contributed by atoms with Crippen molar-refractivity contribution in [1.82, 2.24) is 15.1 Å². The second-order valence-electron chi connectivity index (χ2n) is 5.32. The summed E-state index contributed by atoms with van der Waals surface area (Å²) in [5.74, 6) is 0. The number of halogens is 3. The summed E-state index contributed by atoms with van der Waals surface area (Å²) < 4.78 is 39.0. The molecule has 3 rings (SSSR count). The van der Waals surface area contributed by atoms with Gasteiger partial charge < -0.3 is 5.32 Å². The number of rotatable bonds is 5. The van der Waals surface area contributed by atoms with E-state index in [2.05, 4.69) is 10.4 Å². The van der Waals surface area contributed by atoms with Crippen LogP contribution in [0.5, 0.6) is 0 Å². The van der Waals surface area contributed by atoms with E-state index in [0.29, 0.717) is 12.6 Å². The van der Waals surface area contributed by atoms with Gasteiger partial charge in [0.1, 0.15) is 0 Å². The normalized spacial score (nSPS) is 15.4. The quantitative estimate of drug-likeness (QED) is 0.918. The van der Waals surface area contributed by atoms with Crippen molar-refractivity contribution in [3.8, 4) is 0 Å². The van der Waals surface area contributed by atoms with Crippen LogP contribution in [0.3, 0.4) is 0 Å². The molecule has 0 spiro atoms. The molecule has 0 amide bonds. The van der Waals surface area contributed by atoms with E-state index in [1.807, 2.05) is 24.3 Å². The number of hydrogen-bond acceptors (Lipinski definition) is 2. The highest BCUT2D eigenvalue weighted by molar-refractivity contribution is 5.27. The molecule has 112 valence electrons. The predicted molar refractivity (Wildman–Crippen MR) is 72.6 cm³/mol.